The highest BCUT2D eigenvalue weighted by molar-refractivity contribution is 7.89. The quantitative estimate of drug-likeness (QED) is 0.543. The molecule has 3 rings (SSSR count). The highest BCUT2D eigenvalue weighted by Gasteiger charge is 2.14. The van der Waals surface area contributed by atoms with Crippen molar-refractivity contribution >= 4 is 44.4 Å². The fraction of sp³-hybridized carbons (Fsp3) is 0.214. The average Bonchev–Trinajstić information content (AvgIpc) is 2.94. The lowest BCUT2D eigenvalue weighted by molar-refractivity contribution is 0.583. The van der Waals surface area contributed by atoms with Gasteiger partial charge in [0.05, 0.1) is 16.5 Å². The Kier molecular flexibility index (Phi) is 4.75. The molecule has 0 fully saturated rings. The zero-order valence-electron chi connectivity index (χ0n) is 13.3. The van der Waals surface area contributed by atoms with Crippen LogP contribution in [0.3, 0.4) is 0 Å². The first-order chi connectivity index (χ1) is 11.9. The van der Waals surface area contributed by atoms with Crippen molar-refractivity contribution in [2.75, 3.05) is 24.1 Å². The second kappa shape index (κ2) is 6.82. The van der Waals surface area contributed by atoms with E-state index in [4.69, 9.17) is 17.3 Å². The molecule has 3 aromatic rings. The molecule has 0 amide bonds. The van der Waals surface area contributed by atoms with E-state index in [0.29, 0.717) is 27.8 Å². The first-order valence-corrected chi connectivity index (χ1v) is 9.17. The highest BCUT2D eigenvalue weighted by Crippen LogP contribution is 2.18. The van der Waals surface area contributed by atoms with E-state index in [1.807, 2.05) is 0 Å². The molecule has 25 heavy (non-hydrogen) atoms. The fourth-order valence-corrected chi connectivity index (χ4v) is 3.53. The predicted octanol–water partition coefficient (Wildman–Crippen LogP) is 0.989. The second-order valence-corrected chi connectivity index (χ2v) is 7.42. The Morgan fingerprint density at radius 2 is 2.08 bits per heavy atom. The van der Waals surface area contributed by atoms with Crippen molar-refractivity contribution in [3.63, 3.8) is 0 Å². The van der Waals surface area contributed by atoms with Crippen LogP contribution in [-0.2, 0) is 17.1 Å². The number of nitrogens with one attached hydrogen (secondary N) is 2. The molecule has 11 heteroatoms. The molecule has 0 saturated carbocycles. The van der Waals surface area contributed by atoms with Crippen LogP contribution in [0.2, 0.25) is 5.02 Å². The summed E-state index contributed by atoms with van der Waals surface area (Å²) in [6.45, 7) is 0.421. The number of benzene rings is 1. The Labute approximate surface area is 149 Å². The third-order valence-electron chi connectivity index (χ3n) is 3.43. The van der Waals surface area contributed by atoms with Crippen molar-refractivity contribution in [2.24, 2.45) is 7.05 Å². The standard InChI is InChI=1S/C14H16ClN7O2S/c1-22-13-11(8-18-22)12(16)20-14(21-13)17-5-6-19-25(23,24)10-4-2-3-9(15)7-10/h2-4,7-8,19H,5-6H2,1H3,(H3,16,17,20,21). The maximum Gasteiger partial charge on any atom is 0.240 e. The topological polar surface area (TPSA) is 128 Å². The van der Waals surface area contributed by atoms with Crippen LogP contribution in [0.5, 0.6) is 0 Å². The number of nitrogens with two attached hydrogens (primary N) is 1. The summed E-state index contributed by atoms with van der Waals surface area (Å²) in [5, 5.41) is 8.02. The van der Waals surface area contributed by atoms with Crippen molar-refractivity contribution in [1.29, 1.82) is 0 Å². The van der Waals surface area contributed by atoms with E-state index in [9.17, 15) is 8.42 Å². The molecule has 0 aliphatic heterocycles. The van der Waals surface area contributed by atoms with E-state index >= 15 is 0 Å². The summed E-state index contributed by atoms with van der Waals surface area (Å²) in [6, 6.07) is 6.05. The molecule has 2 heterocycles. The maximum absolute atomic E-state index is 12.2. The molecule has 132 valence electrons. The Bertz CT molecular complexity index is 1020. The molecule has 0 aliphatic carbocycles. The SMILES string of the molecule is Cn1ncc2c(N)nc(NCCNS(=O)(=O)c3cccc(Cl)c3)nc21. The van der Waals surface area contributed by atoms with Gasteiger partial charge in [-0.15, -0.1) is 0 Å². The van der Waals surface area contributed by atoms with Crippen molar-refractivity contribution in [3.8, 4) is 0 Å². The summed E-state index contributed by atoms with van der Waals surface area (Å²) in [7, 11) is -1.88. The summed E-state index contributed by atoms with van der Waals surface area (Å²) in [5.74, 6) is 0.607. The number of hydrogen-bond donors (Lipinski definition) is 3. The van der Waals surface area contributed by atoms with Gasteiger partial charge in [0, 0.05) is 25.2 Å². The van der Waals surface area contributed by atoms with Crippen LogP contribution in [0.25, 0.3) is 11.0 Å². The van der Waals surface area contributed by atoms with Gasteiger partial charge in [0.2, 0.25) is 16.0 Å². The first kappa shape index (κ1) is 17.4. The zero-order chi connectivity index (χ0) is 18.0. The van der Waals surface area contributed by atoms with Gasteiger partial charge in [-0.05, 0) is 18.2 Å². The average molecular weight is 382 g/mol. The molecule has 0 radical (unpaired) electrons. The van der Waals surface area contributed by atoms with Crippen molar-refractivity contribution in [3.05, 3.63) is 35.5 Å². The fourth-order valence-electron chi connectivity index (χ4n) is 2.20. The third kappa shape index (κ3) is 3.81. The summed E-state index contributed by atoms with van der Waals surface area (Å²) < 4.78 is 28.4. The molecule has 1 aromatic carbocycles. The zero-order valence-corrected chi connectivity index (χ0v) is 14.8. The Morgan fingerprint density at radius 3 is 2.84 bits per heavy atom. The second-order valence-electron chi connectivity index (χ2n) is 5.22. The van der Waals surface area contributed by atoms with Crippen LogP contribution in [0.15, 0.2) is 35.4 Å². The number of hydrogen-bond acceptors (Lipinski definition) is 7. The minimum atomic E-state index is -3.63. The summed E-state index contributed by atoms with van der Waals surface area (Å²) in [4.78, 5) is 8.54. The van der Waals surface area contributed by atoms with Gasteiger partial charge >= 0.3 is 0 Å². The number of fused-ring (bicyclic) bond motifs is 1. The molecular weight excluding hydrogens is 366 g/mol. The Hall–Kier alpha value is -2.43. The van der Waals surface area contributed by atoms with Gasteiger partial charge < -0.3 is 11.1 Å². The number of aryl methyl sites for hydroxylation is 1. The van der Waals surface area contributed by atoms with Gasteiger partial charge in [0.25, 0.3) is 0 Å². The highest BCUT2D eigenvalue weighted by atomic mass is 35.5. The normalized spacial score (nSPS) is 11.8. The number of halogens is 1. The minimum absolute atomic E-state index is 0.108. The first-order valence-electron chi connectivity index (χ1n) is 7.31. The van der Waals surface area contributed by atoms with E-state index in [-0.39, 0.29) is 18.0 Å². The smallest absolute Gasteiger partial charge is 0.240 e. The van der Waals surface area contributed by atoms with Crippen LogP contribution < -0.4 is 15.8 Å². The molecule has 0 bridgehead atoms. The molecule has 0 spiro atoms. The number of nitrogen functional groups attached to an aromatic ring is 1. The van der Waals surface area contributed by atoms with Gasteiger partial charge in [-0.1, -0.05) is 17.7 Å². The number of rotatable bonds is 6. The number of anilines is 2. The van der Waals surface area contributed by atoms with E-state index in [1.54, 1.807) is 30.1 Å². The molecule has 0 aliphatic rings. The third-order valence-corrected chi connectivity index (χ3v) is 5.12. The van der Waals surface area contributed by atoms with E-state index < -0.39 is 10.0 Å². The largest absolute Gasteiger partial charge is 0.383 e. The van der Waals surface area contributed by atoms with Gasteiger partial charge in [-0.3, -0.25) is 4.68 Å². The number of aromatic nitrogens is 4. The van der Waals surface area contributed by atoms with Gasteiger partial charge in [-0.2, -0.15) is 15.1 Å². The van der Waals surface area contributed by atoms with E-state index in [0.717, 1.165) is 0 Å². The lowest BCUT2D eigenvalue weighted by Crippen LogP contribution is -2.29. The monoisotopic (exact) mass is 381 g/mol. The summed E-state index contributed by atoms with van der Waals surface area (Å²) >= 11 is 5.82. The van der Waals surface area contributed by atoms with E-state index in [2.05, 4.69) is 25.1 Å². The molecule has 0 saturated heterocycles. The van der Waals surface area contributed by atoms with Crippen LogP contribution >= 0.6 is 11.6 Å². The predicted molar refractivity (Wildman–Crippen MR) is 95.8 cm³/mol. The Morgan fingerprint density at radius 1 is 1.28 bits per heavy atom. The molecule has 0 atom stereocenters. The minimum Gasteiger partial charge on any atom is -0.383 e. The summed E-state index contributed by atoms with van der Waals surface area (Å²) in [5.41, 5.74) is 6.46. The Balaban J connectivity index is 1.62. The van der Waals surface area contributed by atoms with E-state index in [1.165, 1.54) is 12.1 Å². The van der Waals surface area contributed by atoms with Gasteiger partial charge in [-0.25, -0.2) is 13.1 Å². The molecule has 9 nitrogen and oxygen atoms in total. The summed E-state index contributed by atoms with van der Waals surface area (Å²) in [6.07, 6.45) is 1.59. The van der Waals surface area contributed by atoms with Crippen molar-refractivity contribution < 1.29 is 8.42 Å². The lowest BCUT2D eigenvalue weighted by atomic mass is 10.4. The van der Waals surface area contributed by atoms with Crippen LogP contribution in [0.1, 0.15) is 0 Å². The lowest BCUT2D eigenvalue weighted by Gasteiger charge is -2.09. The maximum atomic E-state index is 12.2. The molecule has 4 N–H and O–H groups in total. The molecule has 0 unspecified atom stereocenters. The van der Waals surface area contributed by atoms with Crippen molar-refractivity contribution in [1.82, 2.24) is 24.5 Å². The van der Waals surface area contributed by atoms with Crippen molar-refractivity contribution in [2.45, 2.75) is 4.90 Å². The van der Waals surface area contributed by atoms with Gasteiger partial charge in [0.15, 0.2) is 5.65 Å². The molecular formula is C14H16ClN7O2S. The van der Waals surface area contributed by atoms with Crippen LogP contribution in [0, 0.1) is 0 Å². The molecule has 2 aromatic heterocycles. The van der Waals surface area contributed by atoms with Gasteiger partial charge in [0.1, 0.15) is 5.82 Å². The number of nitrogens with zero attached hydrogens (tertiary/aromatic N) is 4. The van der Waals surface area contributed by atoms with Crippen LogP contribution in [-0.4, -0.2) is 41.3 Å². The van der Waals surface area contributed by atoms with Crippen LogP contribution in [0.4, 0.5) is 11.8 Å². The number of sulfonamides is 1.